The number of nitrogens with zero attached hydrogens (tertiary/aromatic N) is 5. The van der Waals surface area contributed by atoms with Crippen molar-refractivity contribution in [2.75, 3.05) is 13.7 Å². The SMILES string of the molecule is CCc1nc2c(c(=O)n1CC1CCCO1)c1nc3ccccc3nc1n2-c1ccc(OC)c(Cl)c1. The number of aryl methyl sites for hydroxylation is 1. The Labute approximate surface area is 206 Å². The Morgan fingerprint density at radius 3 is 2.60 bits per heavy atom. The van der Waals surface area contributed by atoms with Crippen molar-refractivity contribution in [1.82, 2.24) is 24.1 Å². The van der Waals surface area contributed by atoms with E-state index in [1.165, 1.54) is 0 Å². The molecule has 3 aromatic heterocycles. The first-order chi connectivity index (χ1) is 17.1. The van der Waals surface area contributed by atoms with Crippen molar-refractivity contribution in [2.45, 2.75) is 38.8 Å². The van der Waals surface area contributed by atoms with Gasteiger partial charge >= 0.3 is 0 Å². The van der Waals surface area contributed by atoms with E-state index >= 15 is 0 Å². The summed E-state index contributed by atoms with van der Waals surface area (Å²) in [6, 6.07) is 13.1. The molecule has 0 amide bonds. The van der Waals surface area contributed by atoms with Crippen LogP contribution in [-0.2, 0) is 17.7 Å². The summed E-state index contributed by atoms with van der Waals surface area (Å²) in [7, 11) is 1.57. The highest BCUT2D eigenvalue weighted by Crippen LogP contribution is 2.32. The van der Waals surface area contributed by atoms with E-state index in [9.17, 15) is 4.79 Å². The van der Waals surface area contributed by atoms with Gasteiger partial charge in [-0.1, -0.05) is 30.7 Å². The second-order valence-electron chi connectivity index (χ2n) is 8.67. The third-order valence-corrected chi connectivity index (χ3v) is 6.86. The standard InChI is InChI=1S/C26H24ClN5O3/c1-3-21-30-24-22(26(33)31(21)14-16-7-6-12-35-16)23-25(29-19-9-5-4-8-18(19)28-23)32(24)15-10-11-20(34-2)17(27)13-15/h4-5,8-11,13,16H,3,6-7,12,14H2,1-2H3. The molecule has 1 atom stereocenters. The fraction of sp³-hybridized carbons (Fsp3) is 0.308. The average molecular weight is 490 g/mol. The minimum atomic E-state index is -0.129. The van der Waals surface area contributed by atoms with Crippen LogP contribution in [0.5, 0.6) is 5.75 Å². The number of fused-ring (bicyclic) bond motifs is 4. The number of benzene rings is 2. The Bertz CT molecular complexity index is 1650. The minimum Gasteiger partial charge on any atom is -0.495 e. The summed E-state index contributed by atoms with van der Waals surface area (Å²) in [4.78, 5) is 28.8. The lowest BCUT2D eigenvalue weighted by Crippen LogP contribution is -2.30. The van der Waals surface area contributed by atoms with Gasteiger partial charge in [0, 0.05) is 13.0 Å². The van der Waals surface area contributed by atoms with E-state index in [1.807, 2.05) is 41.8 Å². The van der Waals surface area contributed by atoms with Crippen molar-refractivity contribution in [3.8, 4) is 11.4 Å². The zero-order valence-electron chi connectivity index (χ0n) is 19.5. The van der Waals surface area contributed by atoms with E-state index in [0.717, 1.165) is 36.2 Å². The predicted molar refractivity (Wildman–Crippen MR) is 136 cm³/mol. The van der Waals surface area contributed by atoms with E-state index in [1.54, 1.807) is 23.8 Å². The van der Waals surface area contributed by atoms with E-state index in [0.29, 0.717) is 51.8 Å². The molecule has 0 aliphatic carbocycles. The van der Waals surface area contributed by atoms with Crippen molar-refractivity contribution in [1.29, 1.82) is 0 Å². The van der Waals surface area contributed by atoms with Crippen molar-refractivity contribution >= 4 is 44.8 Å². The van der Waals surface area contributed by atoms with Crippen LogP contribution in [0.25, 0.3) is 38.9 Å². The molecule has 9 heteroatoms. The van der Waals surface area contributed by atoms with Crippen LogP contribution in [0.15, 0.2) is 47.3 Å². The molecule has 0 saturated carbocycles. The Hall–Kier alpha value is -3.49. The molecule has 35 heavy (non-hydrogen) atoms. The number of ether oxygens (including phenoxy) is 2. The van der Waals surface area contributed by atoms with Gasteiger partial charge in [0.25, 0.3) is 5.56 Å². The summed E-state index contributed by atoms with van der Waals surface area (Å²) >= 11 is 6.48. The van der Waals surface area contributed by atoms with Gasteiger partial charge in [0.2, 0.25) is 0 Å². The summed E-state index contributed by atoms with van der Waals surface area (Å²) in [6.07, 6.45) is 2.55. The smallest absolute Gasteiger partial charge is 0.265 e. The summed E-state index contributed by atoms with van der Waals surface area (Å²) in [6.45, 7) is 3.21. The highest BCUT2D eigenvalue weighted by molar-refractivity contribution is 6.32. The second kappa shape index (κ2) is 8.62. The number of hydrogen-bond acceptors (Lipinski definition) is 6. The molecule has 1 aliphatic rings. The first-order valence-electron chi connectivity index (χ1n) is 11.7. The molecule has 1 fully saturated rings. The lowest BCUT2D eigenvalue weighted by molar-refractivity contribution is 0.0953. The lowest BCUT2D eigenvalue weighted by atomic mass is 10.2. The van der Waals surface area contributed by atoms with Gasteiger partial charge in [-0.05, 0) is 43.2 Å². The maximum atomic E-state index is 14.0. The van der Waals surface area contributed by atoms with Crippen LogP contribution in [0.4, 0.5) is 0 Å². The first kappa shape index (κ1) is 22.0. The third kappa shape index (κ3) is 3.56. The molecule has 1 unspecified atom stereocenters. The zero-order chi connectivity index (χ0) is 24.1. The molecule has 4 heterocycles. The highest BCUT2D eigenvalue weighted by Gasteiger charge is 2.25. The fourth-order valence-electron chi connectivity index (χ4n) is 4.86. The van der Waals surface area contributed by atoms with Gasteiger partial charge in [0.05, 0.1) is 41.5 Å². The molecule has 178 valence electrons. The number of hydrogen-bond donors (Lipinski definition) is 0. The molecule has 0 bridgehead atoms. The van der Waals surface area contributed by atoms with Gasteiger partial charge in [-0.15, -0.1) is 0 Å². The maximum absolute atomic E-state index is 14.0. The van der Waals surface area contributed by atoms with Crippen LogP contribution >= 0.6 is 11.6 Å². The summed E-state index contributed by atoms with van der Waals surface area (Å²) in [5.74, 6) is 1.26. The molecule has 1 saturated heterocycles. The van der Waals surface area contributed by atoms with Crippen LogP contribution in [0.3, 0.4) is 0 Å². The molecular weight excluding hydrogens is 466 g/mol. The van der Waals surface area contributed by atoms with Crippen molar-refractivity contribution in [3.05, 3.63) is 63.7 Å². The number of halogens is 1. The summed E-state index contributed by atoms with van der Waals surface area (Å²) in [5.41, 5.74) is 3.65. The van der Waals surface area contributed by atoms with Gasteiger partial charge in [0.15, 0.2) is 11.3 Å². The molecule has 0 spiro atoms. The minimum absolute atomic E-state index is 0.0120. The van der Waals surface area contributed by atoms with Crippen LogP contribution in [0.2, 0.25) is 5.02 Å². The topological polar surface area (TPSA) is 84.1 Å². The van der Waals surface area contributed by atoms with Crippen LogP contribution < -0.4 is 10.3 Å². The Morgan fingerprint density at radius 2 is 1.91 bits per heavy atom. The van der Waals surface area contributed by atoms with Crippen molar-refractivity contribution in [2.24, 2.45) is 0 Å². The van der Waals surface area contributed by atoms with E-state index < -0.39 is 0 Å². The van der Waals surface area contributed by atoms with Crippen LogP contribution in [-0.4, -0.2) is 43.9 Å². The van der Waals surface area contributed by atoms with E-state index in [2.05, 4.69) is 0 Å². The number of methoxy groups -OCH3 is 1. The molecule has 2 aromatic carbocycles. The largest absolute Gasteiger partial charge is 0.495 e. The quantitative estimate of drug-likeness (QED) is 0.356. The van der Waals surface area contributed by atoms with Gasteiger partial charge < -0.3 is 9.47 Å². The monoisotopic (exact) mass is 489 g/mol. The van der Waals surface area contributed by atoms with E-state index in [-0.39, 0.29) is 11.7 Å². The van der Waals surface area contributed by atoms with Gasteiger partial charge in [0.1, 0.15) is 22.5 Å². The number of rotatable bonds is 5. The molecular formula is C26H24ClN5O3. The highest BCUT2D eigenvalue weighted by atomic mass is 35.5. The molecule has 6 rings (SSSR count). The molecule has 0 radical (unpaired) electrons. The second-order valence-corrected chi connectivity index (χ2v) is 9.08. The summed E-state index contributed by atoms with van der Waals surface area (Å²) in [5, 5.41) is 0.900. The Kier molecular flexibility index (Phi) is 5.42. The van der Waals surface area contributed by atoms with Crippen molar-refractivity contribution < 1.29 is 9.47 Å². The van der Waals surface area contributed by atoms with E-state index in [4.69, 9.17) is 36.0 Å². The zero-order valence-corrected chi connectivity index (χ0v) is 20.2. The molecule has 0 N–H and O–H groups in total. The third-order valence-electron chi connectivity index (χ3n) is 6.56. The van der Waals surface area contributed by atoms with Crippen LogP contribution in [0.1, 0.15) is 25.6 Å². The summed E-state index contributed by atoms with van der Waals surface area (Å²) < 4.78 is 14.8. The number of para-hydroxylation sites is 2. The Morgan fingerprint density at radius 1 is 1.11 bits per heavy atom. The van der Waals surface area contributed by atoms with Gasteiger partial charge in [-0.25, -0.2) is 15.0 Å². The van der Waals surface area contributed by atoms with Crippen LogP contribution in [0, 0.1) is 0 Å². The average Bonchev–Trinajstić information content (AvgIpc) is 3.49. The fourth-order valence-corrected chi connectivity index (χ4v) is 5.11. The molecule has 1 aliphatic heterocycles. The Balaban J connectivity index is 1.72. The maximum Gasteiger partial charge on any atom is 0.265 e. The van der Waals surface area contributed by atoms with Crippen molar-refractivity contribution in [3.63, 3.8) is 0 Å². The predicted octanol–water partition coefficient (Wildman–Crippen LogP) is 4.69. The van der Waals surface area contributed by atoms with Gasteiger partial charge in [-0.2, -0.15) is 0 Å². The first-order valence-corrected chi connectivity index (χ1v) is 12.1. The normalized spacial score (nSPS) is 16.0. The molecule has 5 aromatic rings. The van der Waals surface area contributed by atoms with Gasteiger partial charge in [-0.3, -0.25) is 13.9 Å². The number of aromatic nitrogens is 5. The molecule has 8 nitrogen and oxygen atoms in total. The lowest BCUT2D eigenvalue weighted by Gasteiger charge is -2.16.